The summed E-state index contributed by atoms with van der Waals surface area (Å²) in [7, 11) is 0. The van der Waals surface area contributed by atoms with Crippen LogP contribution >= 0.6 is 22.6 Å². The van der Waals surface area contributed by atoms with Gasteiger partial charge in [0.1, 0.15) is 10.2 Å². The smallest absolute Gasteiger partial charge is 0.241 e. The highest BCUT2D eigenvalue weighted by molar-refractivity contribution is 14.1. The third-order valence-corrected chi connectivity index (χ3v) is 2.96. The number of carbonyl (C=O) groups is 1. The van der Waals surface area contributed by atoms with Crippen LogP contribution in [0.25, 0.3) is 0 Å². The molecule has 0 bridgehead atoms. The van der Waals surface area contributed by atoms with Crippen LogP contribution in [0.4, 0.5) is 0 Å². The van der Waals surface area contributed by atoms with Crippen LogP contribution in [0.1, 0.15) is 13.8 Å². The maximum Gasteiger partial charge on any atom is 0.241 e. The van der Waals surface area contributed by atoms with Crippen LogP contribution in [0.15, 0.2) is 6.20 Å². The monoisotopic (exact) mass is 347 g/mol. The Bertz CT molecular complexity index is 350. The lowest BCUT2D eigenvalue weighted by Crippen LogP contribution is -2.36. The van der Waals surface area contributed by atoms with E-state index in [0.717, 1.165) is 23.3 Å². The Balaban J connectivity index is 2.21. The molecule has 1 amide bonds. The molecule has 0 spiro atoms. The third kappa shape index (κ3) is 5.44. The minimum absolute atomic E-state index is 0.0292. The summed E-state index contributed by atoms with van der Waals surface area (Å²) in [5.41, 5.74) is 0. The molecule has 0 radical (unpaired) electrons. The highest BCUT2D eigenvalue weighted by Crippen LogP contribution is 1.96. The highest BCUT2D eigenvalue weighted by atomic mass is 123. The summed E-state index contributed by atoms with van der Waals surface area (Å²) in [5.74, 6) is -0.0292. The molecule has 7 heteroatoms. The zero-order valence-electron chi connectivity index (χ0n) is 10.2. The summed E-state index contributed by atoms with van der Waals surface area (Å²) in [6, 6.07) is 0. The maximum absolute atomic E-state index is 11.6. The lowest BCUT2D eigenvalue weighted by molar-refractivity contribution is -0.121. The van der Waals surface area contributed by atoms with Crippen LogP contribution in [-0.4, -0.2) is 52.0 Å². The molecule has 96 valence electrons. The van der Waals surface area contributed by atoms with E-state index in [9.17, 15) is 4.79 Å². The van der Waals surface area contributed by atoms with Crippen molar-refractivity contribution in [1.29, 1.82) is 0 Å². The quantitative estimate of drug-likeness (QED) is 0.723. The minimum Gasteiger partial charge on any atom is -0.353 e. The number of carbonyl (C=O) groups excluding carboxylic acids is 1. The van der Waals surface area contributed by atoms with E-state index >= 15 is 0 Å². The Kier molecular flexibility index (Phi) is 6.41. The predicted octanol–water partition coefficient (Wildman–Crippen LogP) is 0.341. The highest BCUT2D eigenvalue weighted by Gasteiger charge is 2.05. The third-order valence-electron chi connectivity index (χ3n) is 2.46. The van der Waals surface area contributed by atoms with E-state index in [1.807, 2.05) is 0 Å². The molecule has 1 aromatic heterocycles. The van der Waals surface area contributed by atoms with E-state index in [4.69, 9.17) is 0 Å². The molecule has 0 aromatic carbocycles. The van der Waals surface area contributed by atoms with Crippen molar-refractivity contribution in [3.05, 3.63) is 9.90 Å². The first-order valence-electron chi connectivity index (χ1n) is 5.70. The molecule has 0 aliphatic carbocycles. The summed E-state index contributed by atoms with van der Waals surface area (Å²) in [5, 5.41) is 10.5. The lowest BCUT2D eigenvalue weighted by atomic mass is 10.4. The van der Waals surface area contributed by atoms with E-state index in [1.54, 1.807) is 6.20 Å². The average molecular weight is 347 g/mol. The molecule has 1 aromatic rings. The standard InChI is InChI=1S/C10H18IN5O/c1-3-15(4-2)6-5-12-10(17)8-16-7-9(11)13-14-16/h7H,3-6,8H2,1-2H3,(H,12,17)/i11-4. The Morgan fingerprint density at radius 3 is 2.76 bits per heavy atom. The van der Waals surface area contributed by atoms with Gasteiger partial charge in [-0.2, -0.15) is 0 Å². The van der Waals surface area contributed by atoms with Gasteiger partial charge in [0.25, 0.3) is 0 Å². The van der Waals surface area contributed by atoms with Gasteiger partial charge >= 0.3 is 0 Å². The van der Waals surface area contributed by atoms with Crippen molar-refractivity contribution < 1.29 is 4.79 Å². The van der Waals surface area contributed by atoms with Crippen molar-refractivity contribution in [1.82, 2.24) is 25.2 Å². The maximum atomic E-state index is 11.6. The number of halogens is 1. The first-order valence-corrected chi connectivity index (χ1v) is 6.78. The molecule has 0 saturated heterocycles. The number of hydrogen-bond acceptors (Lipinski definition) is 4. The second-order valence-corrected chi connectivity index (χ2v) is 4.72. The van der Waals surface area contributed by atoms with Crippen LogP contribution in [-0.2, 0) is 11.3 Å². The van der Waals surface area contributed by atoms with Crippen molar-refractivity contribution in [3.63, 3.8) is 0 Å². The first-order chi connectivity index (χ1) is 8.15. The van der Waals surface area contributed by atoms with Gasteiger partial charge in [0, 0.05) is 13.1 Å². The Hall–Kier alpha value is -0.700. The summed E-state index contributed by atoms with van der Waals surface area (Å²) < 4.78 is 2.33. The predicted molar refractivity (Wildman–Crippen MR) is 73.5 cm³/mol. The van der Waals surface area contributed by atoms with Gasteiger partial charge in [-0.25, -0.2) is 4.68 Å². The van der Waals surface area contributed by atoms with E-state index in [-0.39, 0.29) is 12.5 Å². The molecule has 1 rings (SSSR count). The van der Waals surface area contributed by atoms with E-state index in [1.165, 1.54) is 4.68 Å². The van der Waals surface area contributed by atoms with Gasteiger partial charge in [-0.3, -0.25) is 4.79 Å². The Labute approximate surface area is 115 Å². The summed E-state index contributed by atoms with van der Waals surface area (Å²) in [6.07, 6.45) is 1.74. The van der Waals surface area contributed by atoms with Crippen molar-refractivity contribution in [2.24, 2.45) is 0 Å². The Morgan fingerprint density at radius 1 is 1.53 bits per heavy atom. The minimum atomic E-state index is -0.0292. The lowest BCUT2D eigenvalue weighted by Gasteiger charge is -2.17. The largest absolute Gasteiger partial charge is 0.353 e. The van der Waals surface area contributed by atoms with Crippen LogP contribution in [0, 0.1) is 3.70 Å². The van der Waals surface area contributed by atoms with Crippen molar-refractivity contribution in [2.75, 3.05) is 26.2 Å². The fourth-order valence-corrected chi connectivity index (χ4v) is 1.87. The Morgan fingerprint density at radius 2 is 2.24 bits per heavy atom. The first kappa shape index (κ1) is 14.4. The number of aromatic nitrogens is 3. The summed E-state index contributed by atoms with van der Waals surface area (Å²) in [6.45, 7) is 8.03. The number of nitrogens with one attached hydrogen (secondary N) is 1. The van der Waals surface area contributed by atoms with Crippen LogP contribution in [0.2, 0.25) is 0 Å². The van der Waals surface area contributed by atoms with Crippen LogP contribution < -0.4 is 5.32 Å². The average Bonchev–Trinajstić information content (AvgIpc) is 2.70. The van der Waals surface area contributed by atoms with Gasteiger partial charge in [0.2, 0.25) is 5.91 Å². The summed E-state index contributed by atoms with van der Waals surface area (Å²) >= 11 is 2.06. The molecule has 0 atom stereocenters. The number of likely N-dealkylation sites (N-methyl/N-ethyl adjacent to an activating group) is 1. The normalized spacial score (nSPS) is 10.8. The molecule has 1 heterocycles. The number of rotatable bonds is 7. The summed E-state index contributed by atoms with van der Waals surface area (Å²) in [4.78, 5) is 13.8. The van der Waals surface area contributed by atoms with E-state index < -0.39 is 0 Å². The number of amides is 1. The van der Waals surface area contributed by atoms with Gasteiger partial charge in [0.15, 0.2) is 0 Å². The number of hydrogen-bond donors (Lipinski definition) is 1. The zero-order valence-corrected chi connectivity index (χ0v) is 12.3. The molecule has 6 nitrogen and oxygen atoms in total. The van der Waals surface area contributed by atoms with Crippen molar-refractivity contribution >= 4 is 28.5 Å². The second kappa shape index (κ2) is 7.59. The SMILES string of the molecule is CCN(CC)CCNC(=O)Cn1cc([123I])nn1. The fraction of sp³-hybridized carbons (Fsp3) is 0.700. The van der Waals surface area contributed by atoms with Crippen molar-refractivity contribution in [2.45, 2.75) is 20.4 Å². The van der Waals surface area contributed by atoms with Gasteiger partial charge in [-0.15, -0.1) is 5.10 Å². The molecule has 1 N–H and O–H groups in total. The fourth-order valence-electron chi connectivity index (χ4n) is 1.45. The molecule has 0 aliphatic heterocycles. The van der Waals surface area contributed by atoms with Gasteiger partial charge in [0.05, 0.1) is 6.20 Å². The zero-order chi connectivity index (χ0) is 12.7. The molecule has 0 saturated carbocycles. The van der Waals surface area contributed by atoms with Crippen molar-refractivity contribution in [3.8, 4) is 0 Å². The van der Waals surface area contributed by atoms with Gasteiger partial charge in [-0.1, -0.05) is 19.1 Å². The van der Waals surface area contributed by atoms with E-state index in [0.29, 0.717) is 6.54 Å². The molecular formula is C10H18IN5O. The molecule has 0 aliphatic rings. The molecule has 0 fully saturated rings. The second-order valence-electron chi connectivity index (χ2n) is 3.62. The van der Waals surface area contributed by atoms with Crippen LogP contribution in [0.5, 0.6) is 0 Å². The number of nitrogens with zero attached hydrogens (tertiary/aromatic N) is 4. The molecule has 0 unspecified atom stereocenters. The van der Waals surface area contributed by atoms with E-state index in [2.05, 4.69) is 57.0 Å². The van der Waals surface area contributed by atoms with Crippen LogP contribution in [0.3, 0.4) is 0 Å². The molecule has 17 heavy (non-hydrogen) atoms. The van der Waals surface area contributed by atoms with Gasteiger partial charge < -0.3 is 10.2 Å². The topological polar surface area (TPSA) is 63.1 Å². The molecular weight excluding hydrogens is 329 g/mol. The van der Waals surface area contributed by atoms with Gasteiger partial charge in [-0.05, 0) is 35.7 Å².